The van der Waals surface area contributed by atoms with Crippen molar-refractivity contribution in [1.29, 1.82) is 0 Å². The van der Waals surface area contributed by atoms with Crippen LogP contribution in [0, 0.1) is 13.8 Å². The maximum atomic E-state index is 13.4. The van der Waals surface area contributed by atoms with Gasteiger partial charge in [0, 0.05) is 10.6 Å². The van der Waals surface area contributed by atoms with Gasteiger partial charge in [0.2, 0.25) is 0 Å². The Morgan fingerprint density at radius 3 is 2.47 bits per heavy atom. The topological polar surface area (TPSA) is 106 Å². The normalized spacial score (nSPS) is 16.7. The van der Waals surface area contributed by atoms with Gasteiger partial charge in [0.15, 0.2) is 5.13 Å². The van der Waals surface area contributed by atoms with Gasteiger partial charge in [-0.2, -0.15) is 0 Å². The molecule has 1 aliphatic heterocycles. The van der Waals surface area contributed by atoms with Crippen molar-refractivity contribution in [2.24, 2.45) is 0 Å². The van der Waals surface area contributed by atoms with E-state index in [0.29, 0.717) is 39.8 Å². The van der Waals surface area contributed by atoms with Crippen LogP contribution in [0.3, 0.4) is 0 Å². The van der Waals surface area contributed by atoms with Gasteiger partial charge in [-0.05, 0) is 68.7 Å². The minimum Gasteiger partial charge on any atom is -0.507 e. The van der Waals surface area contributed by atoms with E-state index in [1.54, 1.807) is 63.2 Å². The number of halogens is 1. The number of ether oxygens (including phenoxy) is 2. The van der Waals surface area contributed by atoms with E-state index in [1.807, 2.05) is 6.92 Å². The second kappa shape index (κ2) is 11.4. The van der Waals surface area contributed by atoms with Gasteiger partial charge in [0.05, 0.1) is 30.5 Å². The molecular formula is C28H27ClN2O6S. The summed E-state index contributed by atoms with van der Waals surface area (Å²) in [6.07, 6.45) is 0.847. The first-order valence-corrected chi connectivity index (χ1v) is 13.3. The highest BCUT2D eigenvalue weighted by Crippen LogP contribution is 2.44. The SMILES string of the molecule is CCCOc1ccc(/C(O)=C2/C(=O)C(=O)N(c3nc(C)c(C(=O)OCC)s3)C2c2ccc(Cl)cc2)c(C)c1. The van der Waals surface area contributed by atoms with E-state index in [-0.39, 0.29) is 27.9 Å². The van der Waals surface area contributed by atoms with Gasteiger partial charge in [-0.3, -0.25) is 14.5 Å². The molecule has 1 fully saturated rings. The van der Waals surface area contributed by atoms with Crippen molar-refractivity contribution in [2.45, 2.75) is 40.2 Å². The zero-order chi connectivity index (χ0) is 27.6. The minimum absolute atomic E-state index is 0.0896. The van der Waals surface area contributed by atoms with Gasteiger partial charge in [-0.25, -0.2) is 9.78 Å². The van der Waals surface area contributed by atoms with Crippen LogP contribution in [0.15, 0.2) is 48.0 Å². The average Bonchev–Trinajstić information content (AvgIpc) is 3.39. The summed E-state index contributed by atoms with van der Waals surface area (Å²) in [6.45, 7) is 7.85. The predicted octanol–water partition coefficient (Wildman–Crippen LogP) is 6.01. The lowest BCUT2D eigenvalue weighted by molar-refractivity contribution is -0.132. The average molecular weight is 555 g/mol. The molecule has 1 aliphatic rings. The molecule has 1 atom stereocenters. The van der Waals surface area contributed by atoms with E-state index in [4.69, 9.17) is 21.1 Å². The third-order valence-corrected chi connectivity index (χ3v) is 7.40. The molecule has 1 amide bonds. The van der Waals surface area contributed by atoms with E-state index in [2.05, 4.69) is 4.98 Å². The molecule has 0 radical (unpaired) electrons. The number of hydrogen-bond acceptors (Lipinski definition) is 8. The Balaban J connectivity index is 1.87. The number of anilines is 1. The van der Waals surface area contributed by atoms with Crippen molar-refractivity contribution < 1.29 is 29.0 Å². The number of Topliss-reactive ketones (excluding diaryl/α,β-unsaturated/α-hetero) is 1. The fourth-order valence-corrected chi connectivity index (χ4v) is 5.33. The molecule has 1 unspecified atom stereocenters. The Bertz CT molecular complexity index is 1430. The quantitative estimate of drug-likeness (QED) is 0.157. The fourth-order valence-electron chi connectivity index (χ4n) is 4.22. The summed E-state index contributed by atoms with van der Waals surface area (Å²) in [5.41, 5.74) is 1.90. The third kappa shape index (κ3) is 5.16. The molecule has 1 saturated heterocycles. The van der Waals surface area contributed by atoms with Crippen LogP contribution >= 0.6 is 22.9 Å². The third-order valence-electron chi connectivity index (χ3n) is 6.01. The summed E-state index contributed by atoms with van der Waals surface area (Å²) in [5, 5.41) is 12.1. The van der Waals surface area contributed by atoms with Crippen molar-refractivity contribution in [2.75, 3.05) is 18.1 Å². The lowest BCUT2D eigenvalue weighted by Crippen LogP contribution is -2.29. The number of aliphatic hydroxyl groups is 1. The number of carbonyl (C=O) groups excluding carboxylic acids is 3. The molecule has 38 heavy (non-hydrogen) atoms. The lowest BCUT2D eigenvalue weighted by Gasteiger charge is -2.23. The zero-order valence-corrected chi connectivity index (χ0v) is 23.0. The Hall–Kier alpha value is -3.69. The summed E-state index contributed by atoms with van der Waals surface area (Å²) in [4.78, 5) is 45.1. The van der Waals surface area contributed by atoms with Gasteiger partial charge in [-0.15, -0.1) is 0 Å². The number of thiazole rings is 1. The number of aromatic nitrogens is 1. The van der Waals surface area contributed by atoms with E-state index < -0.39 is 23.7 Å². The molecule has 0 spiro atoms. The predicted molar refractivity (Wildman–Crippen MR) is 146 cm³/mol. The maximum absolute atomic E-state index is 13.4. The number of hydrogen-bond donors (Lipinski definition) is 1. The largest absolute Gasteiger partial charge is 0.507 e. The number of aryl methyl sites for hydroxylation is 2. The summed E-state index contributed by atoms with van der Waals surface area (Å²) in [7, 11) is 0. The summed E-state index contributed by atoms with van der Waals surface area (Å²) in [5.74, 6) is -1.96. The Labute approximate surface area is 229 Å². The van der Waals surface area contributed by atoms with Crippen LogP contribution in [0.1, 0.15) is 58.4 Å². The number of rotatable bonds is 8. The number of aliphatic hydroxyl groups excluding tert-OH is 1. The summed E-state index contributed by atoms with van der Waals surface area (Å²) in [6, 6.07) is 10.8. The second-order valence-corrected chi connectivity index (χ2v) is 10.1. The monoisotopic (exact) mass is 554 g/mol. The smallest absolute Gasteiger partial charge is 0.350 e. The molecule has 1 aromatic heterocycles. The zero-order valence-electron chi connectivity index (χ0n) is 21.4. The van der Waals surface area contributed by atoms with Gasteiger partial charge in [0.25, 0.3) is 5.78 Å². The number of carbonyl (C=O) groups is 3. The van der Waals surface area contributed by atoms with Gasteiger partial charge >= 0.3 is 11.9 Å². The van der Waals surface area contributed by atoms with E-state index >= 15 is 0 Å². The van der Waals surface area contributed by atoms with Crippen molar-refractivity contribution in [3.63, 3.8) is 0 Å². The first-order chi connectivity index (χ1) is 18.2. The highest BCUT2D eigenvalue weighted by Gasteiger charge is 2.48. The number of benzene rings is 2. The van der Waals surface area contributed by atoms with Crippen LogP contribution in [-0.2, 0) is 14.3 Å². The molecule has 1 N–H and O–H groups in total. The van der Waals surface area contributed by atoms with Crippen LogP contribution in [0.25, 0.3) is 5.76 Å². The van der Waals surface area contributed by atoms with E-state index in [1.165, 1.54) is 4.90 Å². The molecule has 0 bridgehead atoms. The van der Waals surface area contributed by atoms with Crippen LogP contribution in [-0.4, -0.2) is 41.0 Å². The molecule has 198 valence electrons. The van der Waals surface area contributed by atoms with Crippen LogP contribution in [0.4, 0.5) is 5.13 Å². The second-order valence-electron chi connectivity index (χ2n) is 8.68. The highest BCUT2D eigenvalue weighted by atomic mass is 35.5. The van der Waals surface area contributed by atoms with Crippen molar-refractivity contribution in [3.8, 4) is 5.75 Å². The molecule has 0 saturated carbocycles. The Kier molecular flexibility index (Phi) is 8.18. The number of amides is 1. The molecular weight excluding hydrogens is 528 g/mol. The first kappa shape index (κ1) is 27.3. The molecule has 8 nitrogen and oxygen atoms in total. The molecule has 10 heteroatoms. The number of nitrogens with zero attached hydrogens (tertiary/aromatic N) is 2. The van der Waals surface area contributed by atoms with Crippen molar-refractivity contribution in [3.05, 3.63) is 80.3 Å². The van der Waals surface area contributed by atoms with Crippen LogP contribution in [0.2, 0.25) is 5.02 Å². The lowest BCUT2D eigenvalue weighted by atomic mass is 9.94. The number of ketones is 1. The van der Waals surface area contributed by atoms with E-state index in [9.17, 15) is 19.5 Å². The Morgan fingerprint density at radius 2 is 1.84 bits per heavy atom. The molecule has 2 aromatic carbocycles. The highest BCUT2D eigenvalue weighted by molar-refractivity contribution is 7.17. The van der Waals surface area contributed by atoms with Gasteiger partial charge in [0.1, 0.15) is 16.4 Å². The Morgan fingerprint density at radius 1 is 1.13 bits per heavy atom. The van der Waals surface area contributed by atoms with Crippen LogP contribution in [0.5, 0.6) is 5.75 Å². The summed E-state index contributed by atoms with van der Waals surface area (Å²) >= 11 is 7.06. The minimum atomic E-state index is -0.997. The standard InChI is InChI=1S/C28H27ClN2O6S/c1-5-13-37-19-11-12-20(15(3)14-19)23(32)21-22(17-7-9-18(29)10-8-17)31(26(34)24(21)33)28-30-16(4)25(38-28)27(35)36-6-2/h7-12,14,22,32H,5-6,13H2,1-4H3/b23-21-. The number of esters is 1. The maximum Gasteiger partial charge on any atom is 0.350 e. The first-order valence-electron chi connectivity index (χ1n) is 12.1. The molecule has 3 aromatic rings. The molecule has 4 rings (SSSR count). The van der Waals surface area contributed by atoms with Crippen LogP contribution < -0.4 is 9.64 Å². The van der Waals surface area contributed by atoms with E-state index in [0.717, 1.165) is 17.8 Å². The van der Waals surface area contributed by atoms with Gasteiger partial charge < -0.3 is 14.6 Å². The van der Waals surface area contributed by atoms with Crippen molar-refractivity contribution in [1.82, 2.24) is 4.98 Å². The summed E-state index contributed by atoms with van der Waals surface area (Å²) < 4.78 is 10.8. The molecule has 0 aliphatic carbocycles. The van der Waals surface area contributed by atoms with Gasteiger partial charge in [-0.1, -0.05) is 42.0 Å². The van der Waals surface area contributed by atoms with Crippen molar-refractivity contribution >= 4 is 51.5 Å². The fraction of sp³-hybridized carbons (Fsp3) is 0.286. The molecule has 2 heterocycles.